The number of hydrogen-bond donors (Lipinski definition) is 0. The Kier molecular flexibility index (Phi) is 7.90. The van der Waals surface area contributed by atoms with Crippen molar-refractivity contribution in [2.45, 2.75) is 59.7 Å². The maximum Gasteiger partial charge on any atom is 0.307 e. The minimum Gasteiger partial charge on any atom is -0.462 e. The normalized spacial score (nSPS) is 12.4. The molecule has 4 nitrogen and oxygen atoms in total. The van der Waals surface area contributed by atoms with Crippen LogP contribution in [0.2, 0.25) is 0 Å². The molecule has 4 heteroatoms. The summed E-state index contributed by atoms with van der Waals surface area (Å²) in [6, 6.07) is 0. The molecular weight excluding hydrogens is 244 g/mol. The van der Waals surface area contributed by atoms with Gasteiger partial charge < -0.3 is 9.47 Å². The van der Waals surface area contributed by atoms with E-state index in [4.69, 9.17) is 15.9 Å². The number of rotatable bonds is 7. The third-order valence-electron chi connectivity index (χ3n) is 2.66. The molecule has 1 unspecified atom stereocenters. The van der Waals surface area contributed by atoms with Gasteiger partial charge in [0.15, 0.2) is 6.10 Å². The Bertz CT molecular complexity index is 331. The van der Waals surface area contributed by atoms with E-state index in [2.05, 4.69) is 5.92 Å². The van der Waals surface area contributed by atoms with Gasteiger partial charge >= 0.3 is 11.9 Å². The van der Waals surface area contributed by atoms with E-state index in [1.165, 1.54) is 0 Å². The van der Waals surface area contributed by atoms with Gasteiger partial charge in [0.05, 0.1) is 12.8 Å². The summed E-state index contributed by atoms with van der Waals surface area (Å²) < 4.78 is 10.2. The van der Waals surface area contributed by atoms with E-state index in [0.717, 1.165) is 0 Å². The van der Waals surface area contributed by atoms with Crippen molar-refractivity contribution in [3.05, 3.63) is 0 Å². The summed E-state index contributed by atoms with van der Waals surface area (Å²) in [6.45, 7) is 9.60. The molecule has 0 aromatic heterocycles. The fourth-order valence-corrected chi connectivity index (χ4v) is 1.75. The number of ether oxygens (including phenoxy) is 2. The van der Waals surface area contributed by atoms with Crippen molar-refractivity contribution >= 4 is 11.9 Å². The lowest BCUT2D eigenvalue weighted by molar-refractivity contribution is -0.157. The van der Waals surface area contributed by atoms with Crippen LogP contribution >= 0.6 is 0 Å². The summed E-state index contributed by atoms with van der Waals surface area (Å²) in [5.41, 5.74) is 0. The average molecular weight is 268 g/mol. The van der Waals surface area contributed by atoms with Crippen LogP contribution in [0.3, 0.4) is 0 Å². The Morgan fingerprint density at radius 3 is 1.74 bits per heavy atom. The molecule has 108 valence electrons. The molecule has 0 bridgehead atoms. The fourth-order valence-electron chi connectivity index (χ4n) is 1.75. The molecule has 0 spiro atoms. The Balaban J connectivity index is 4.12. The monoisotopic (exact) mass is 268 g/mol. The number of esters is 2. The van der Waals surface area contributed by atoms with Crippen molar-refractivity contribution in [2.24, 2.45) is 11.8 Å². The first-order valence-electron chi connectivity index (χ1n) is 6.63. The van der Waals surface area contributed by atoms with Gasteiger partial charge in [0.25, 0.3) is 0 Å². The summed E-state index contributed by atoms with van der Waals surface area (Å²) in [5, 5.41) is 0. The van der Waals surface area contributed by atoms with E-state index in [9.17, 15) is 9.59 Å². The van der Waals surface area contributed by atoms with Crippen molar-refractivity contribution in [2.75, 3.05) is 0 Å². The van der Waals surface area contributed by atoms with Crippen LogP contribution < -0.4 is 0 Å². The van der Waals surface area contributed by atoms with E-state index in [0.29, 0.717) is 0 Å². The second-order valence-corrected chi connectivity index (χ2v) is 5.24. The van der Waals surface area contributed by atoms with Crippen molar-refractivity contribution in [3.63, 3.8) is 0 Å². The van der Waals surface area contributed by atoms with Gasteiger partial charge in [-0.2, -0.15) is 0 Å². The van der Waals surface area contributed by atoms with Crippen LogP contribution in [-0.4, -0.2) is 24.1 Å². The first kappa shape index (κ1) is 17.5. The molecule has 0 rings (SSSR count). The highest BCUT2D eigenvalue weighted by molar-refractivity contribution is 5.77. The lowest BCUT2D eigenvalue weighted by Gasteiger charge is -2.24. The molecule has 0 aliphatic rings. The molecule has 0 heterocycles. The third kappa shape index (κ3) is 7.50. The van der Waals surface area contributed by atoms with Crippen molar-refractivity contribution in [3.8, 4) is 12.3 Å². The van der Waals surface area contributed by atoms with Crippen LogP contribution in [0.4, 0.5) is 0 Å². The second-order valence-electron chi connectivity index (χ2n) is 5.24. The lowest BCUT2D eigenvalue weighted by atomic mass is 9.96. The van der Waals surface area contributed by atoms with E-state index in [1.54, 1.807) is 6.92 Å². The van der Waals surface area contributed by atoms with Gasteiger partial charge in [-0.3, -0.25) is 9.59 Å². The topological polar surface area (TPSA) is 52.6 Å². The maximum atomic E-state index is 11.7. The molecule has 0 N–H and O–H groups in total. The third-order valence-corrected chi connectivity index (χ3v) is 2.66. The Morgan fingerprint density at radius 2 is 1.37 bits per heavy atom. The zero-order chi connectivity index (χ0) is 15.0. The van der Waals surface area contributed by atoms with Crippen LogP contribution in [0.1, 0.15) is 47.5 Å². The molecule has 0 aromatic rings. The standard InChI is InChI=1S/C15H24O4/c1-7-12(6)18-13(16)8-9-14(17)19-15(10(2)3)11(4)5/h1,10-12,15H,8-9H2,2-6H3. The van der Waals surface area contributed by atoms with Gasteiger partial charge in [-0.1, -0.05) is 33.6 Å². The minimum atomic E-state index is -0.567. The quantitative estimate of drug-likeness (QED) is 0.526. The van der Waals surface area contributed by atoms with E-state index in [-0.39, 0.29) is 36.8 Å². The molecule has 0 aliphatic carbocycles. The van der Waals surface area contributed by atoms with E-state index < -0.39 is 12.1 Å². The zero-order valence-corrected chi connectivity index (χ0v) is 12.4. The van der Waals surface area contributed by atoms with Gasteiger partial charge in [-0.15, -0.1) is 6.42 Å². The SMILES string of the molecule is C#CC(C)OC(=O)CCC(=O)OC(C(C)C)C(C)C. The predicted octanol–water partition coefficient (Wildman–Crippen LogP) is 2.56. The smallest absolute Gasteiger partial charge is 0.307 e. The Hall–Kier alpha value is -1.50. The Labute approximate surface area is 115 Å². The number of carbonyl (C=O) groups excluding carboxylic acids is 2. The maximum absolute atomic E-state index is 11.7. The summed E-state index contributed by atoms with van der Waals surface area (Å²) in [4.78, 5) is 23.0. The molecule has 0 saturated carbocycles. The van der Waals surface area contributed by atoms with Crippen LogP contribution in [0.15, 0.2) is 0 Å². The fraction of sp³-hybridized carbons (Fsp3) is 0.733. The van der Waals surface area contributed by atoms with Crippen molar-refractivity contribution < 1.29 is 19.1 Å². The highest BCUT2D eigenvalue weighted by Crippen LogP contribution is 2.17. The van der Waals surface area contributed by atoms with E-state index >= 15 is 0 Å². The van der Waals surface area contributed by atoms with Crippen molar-refractivity contribution in [1.82, 2.24) is 0 Å². The molecule has 19 heavy (non-hydrogen) atoms. The number of terminal acetylenes is 1. The van der Waals surface area contributed by atoms with Crippen LogP contribution in [-0.2, 0) is 19.1 Å². The van der Waals surface area contributed by atoms with Gasteiger partial charge in [0, 0.05) is 0 Å². The van der Waals surface area contributed by atoms with Gasteiger partial charge in [-0.05, 0) is 18.8 Å². The lowest BCUT2D eigenvalue weighted by Crippen LogP contribution is -2.29. The predicted molar refractivity (Wildman–Crippen MR) is 73.2 cm³/mol. The molecule has 0 amide bonds. The summed E-state index contributed by atoms with van der Waals surface area (Å²) >= 11 is 0. The molecule has 0 aliphatic heterocycles. The van der Waals surface area contributed by atoms with E-state index in [1.807, 2.05) is 27.7 Å². The summed E-state index contributed by atoms with van der Waals surface area (Å²) in [7, 11) is 0. The number of carbonyl (C=O) groups is 2. The second kappa shape index (κ2) is 8.58. The molecular formula is C15H24O4. The van der Waals surface area contributed by atoms with Crippen molar-refractivity contribution in [1.29, 1.82) is 0 Å². The molecule has 1 atom stereocenters. The molecule has 0 fully saturated rings. The first-order valence-corrected chi connectivity index (χ1v) is 6.63. The number of hydrogen-bond acceptors (Lipinski definition) is 4. The van der Waals surface area contributed by atoms with Gasteiger partial charge in [-0.25, -0.2) is 0 Å². The zero-order valence-electron chi connectivity index (χ0n) is 12.4. The first-order chi connectivity index (χ1) is 8.77. The van der Waals surface area contributed by atoms with Gasteiger partial charge in [0.2, 0.25) is 0 Å². The highest BCUT2D eigenvalue weighted by atomic mass is 16.5. The van der Waals surface area contributed by atoms with Gasteiger partial charge in [0.1, 0.15) is 6.10 Å². The highest BCUT2D eigenvalue weighted by Gasteiger charge is 2.22. The largest absolute Gasteiger partial charge is 0.462 e. The molecule has 0 aromatic carbocycles. The Morgan fingerprint density at radius 1 is 0.947 bits per heavy atom. The molecule has 0 radical (unpaired) electrons. The summed E-state index contributed by atoms with van der Waals surface area (Å²) in [6.07, 6.45) is 4.41. The summed E-state index contributed by atoms with van der Waals surface area (Å²) in [5.74, 6) is 1.93. The van der Waals surface area contributed by atoms with Crippen LogP contribution in [0.5, 0.6) is 0 Å². The van der Waals surface area contributed by atoms with Crippen LogP contribution in [0, 0.1) is 24.2 Å². The van der Waals surface area contributed by atoms with Crippen LogP contribution in [0.25, 0.3) is 0 Å². The molecule has 0 saturated heterocycles. The average Bonchev–Trinajstić information content (AvgIpc) is 2.32. The minimum absolute atomic E-state index is 0.00619.